The molecule has 2 amide bonds. The van der Waals surface area contributed by atoms with Crippen molar-refractivity contribution < 1.29 is 29.1 Å². The third-order valence-corrected chi connectivity index (χ3v) is 8.21. The second-order valence-electron chi connectivity index (χ2n) is 8.89. The van der Waals surface area contributed by atoms with Gasteiger partial charge < -0.3 is 30.6 Å². The minimum Gasteiger partial charge on any atom is -0.479 e. The van der Waals surface area contributed by atoms with Gasteiger partial charge in [-0.2, -0.15) is 0 Å². The lowest BCUT2D eigenvalue weighted by Gasteiger charge is -2.50. The average molecular weight is 554 g/mol. The van der Waals surface area contributed by atoms with Gasteiger partial charge in [0, 0.05) is 31.6 Å². The lowest BCUT2D eigenvalue weighted by atomic mass is 10.0. The normalized spacial score (nSPS) is 24.9. The van der Waals surface area contributed by atoms with Gasteiger partial charge >= 0.3 is 5.97 Å². The molecule has 0 saturated carbocycles. The number of nitrogens with two attached hydrogens (primary N) is 1. The van der Waals surface area contributed by atoms with Gasteiger partial charge in [0.05, 0.1) is 5.25 Å². The number of fused-ring (bicyclic) bond motifs is 1. The first-order chi connectivity index (χ1) is 17.7. The number of anilines is 1. The molecule has 0 bridgehead atoms. The van der Waals surface area contributed by atoms with Gasteiger partial charge in [-0.15, -0.1) is 23.1 Å². The Kier molecular flexibility index (Phi) is 8.56. The topological polar surface area (TPSA) is 163 Å². The van der Waals surface area contributed by atoms with Gasteiger partial charge in [-0.3, -0.25) is 19.4 Å². The summed E-state index contributed by atoms with van der Waals surface area (Å²) in [6.07, 6.45) is 0.688. The van der Waals surface area contributed by atoms with E-state index in [0.29, 0.717) is 13.0 Å². The number of hydrogen-bond acceptors (Lipinski definition) is 12. The number of nitrogens with zero attached hydrogens (tertiary/aromatic N) is 5. The third kappa shape index (κ3) is 5.84. The van der Waals surface area contributed by atoms with Crippen LogP contribution in [0.3, 0.4) is 0 Å². The molecule has 1 aromatic heterocycles. The molecule has 13 nitrogen and oxygen atoms in total. The predicted molar refractivity (Wildman–Crippen MR) is 139 cm³/mol. The van der Waals surface area contributed by atoms with E-state index in [0.717, 1.165) is 37.5 Å². The Morgan fingerprint density at radius 1 is 1.32 bits per heavy atom. The van der Waals surface area contributed by atoms with Crippen LogP contribution in [0.15, 0.2) is 22.0 Å². The molecule has 37 heavy (non-hydrogen) atoms. The van der Waals surface area contributed by atoms with E-state index >= 15 is 0 Å². The molecule has 0 radical (unpaired) electrons. The molecule has 4 N–H and O–H groups in total. The molecular formula is C22H31N7O6S2. The molecule has 2 fully saturated rings. The molecule has 4 heterocycles. The third-order valence-electron chi connectivity index (χ3n) is 6.15. The molecular weight excluding hydrogens is 522 g/mol. The summed E-state index contributed by atoms with van der Waals surface area (Å²) in [5, 5.41) is 17.4. The van der Waals surface area contributed by atoms with Crippen LogP contribution in [0.4, 0.5) is 5.13 Å². The van der Waals surface area contributed by atoms with Crippen molar-refractivity contribution in [3.63, 3.8) is 0 Å². The van der Waals surface area contributed by atoms with Crippen molar-refractivity contribution in [3.8, 4) is 0 Å². The zero-order valence-electron chi connectivity index (χ0n) is 20.9. The van der Waals surface area contributed by atoms with E-state index in [1.807, 2.05) is 20.9 Å². The van der Waals surface area contributed by atoms with Crippen molar-refractivity contribution in [1.29, 1.82) is 0 Å². The summed E-state index contributed by atoms with van der Waals surface area (Å²) in [6.45, 7) is 7.68. The van der Waals surface area contributed by atoms with Crippen LogP contribution in [-0.2, 0) is 24.0 Å². The smallest absolute Gasteiger partial charge is 0.356 e. The summed E-state index contributed by atoms with van der Waals surface area (Å²) in [4.78, 5) is 53.2. The minimum atomic E-state index is -1.25. The number of thioether (sulfide) groups is 1. The molecule has 1 aromatic rings. The van der Waals surface area contributed by atoms with E-state index in [-0.39, 0.29) is 40.0 Å². The van der Waals surface area contributed by atoms with E-state index < -0.39 is 29.2 Å². The highest BCUT2D eigenvalue weighted by Crippen LogP contribution is 2.44. The van der Waals surface area contributed by atoms with E-state index in [2.05, 4.69) is 25.3 Å². The number of nitrogens with one attached hydrogen (secondary N) is 1. The lowest BCUT2D eigenvalue weighted by molar-refractivity contribution is -0.151. The van der Waals surface area contributed by atoms with Gasteiger partial charge in [0.1, 0.15) is 36.2 Å². The van der Waals surface area contributed by atoms with Crippen molar-refractivity contribution in [2.24, 2.45) is 5.16 Å². The zero-order chi connectivity index (χ0) is 26.7. The Balaban J connectivity index is 1.48. The van der Waals surface area contributed by atoms with Gasteiger partial charge in [-0.25, -0.2) is 9.78 Å². The number of carbonyl (C=O) groups excluding carboxylic acids is 2. The number of hydrogen-bond donors (Lipinski definition) is 3. The number of carboxylic acid groups (broad SMARTS) is 1. The minimum absolute atomic E-state index is 0.105. The van der Waals surface area contributed by atoms with Crippen LogP contribution in [0.2, 0.25) is 0 Å². The summed E-state index contributed by atoms with van der Waals surface area (Å²) in [7, 11) is 2.05. The number of thiazole rings is 1. The Hall–Kier alpha value is -2.88. The summed E-state index contributed by atoms with van der Waals surface area (Å²) in [5.74, 6) is -2.20. The zero-order valence-corrected chi connectivity index (χ0v) is 22.5. The van der Waals surface area contributed by atoms with Crippen LogP contribution in [0, 0.1) is 0 Å². The van der Waals surface area contributed by atoms with Gasteiger partial charge in [0.2, 0.25) is 0 Å². The number of likely N-dealkylation sites (N-methyl/N-ethyl adjacent to an activating group) is 1. The maximum atomic E-state index is 13.1. The number of oxime groups is 1. The van der Waals surface area contributed by atoms with Crippen molar-refractivity contribution in [2.45, 2.75) is 36.9 Å². The molecule has 0 spiro atoms. The number of nitrogen functional groups attached to an aromatic ring is 1. The van der Waals surface area contributed by atoms with Crippen LogP contribution in [0.5, 0.6) is 0 Å². The number of amides is 2. The Morgan fingerprint density at radius 2 is 2.05 bits per heavy atom. The Labute approximate surface area is 222 Å². The molecule has 3 atom stereocenters. The molecule has 15 heteroatoms. The van der Waals surface area contributed by atoms with Crippen LogP contribution in [0.1, 0.15) is 26.0 Å². The quantitative estimate of drug-likeness (QED) is 0.157. The van der Waals surface area contributed by atoms with E-state index in [9.17, 15) is 19.5 Å². The number of β-lactam (4-membered cyclic amide) rings is 1. The first kappa shape index (κ1) is 27.2. The molecule has 3 aliphatic heterocycles. The number of aromatic nitrogens is 1. The summed E-state index contributed by atoms with van der Waals surface area (Å²) in [5.41, 5.74) is 5.65. The number of rotatable bonds is 10. The van der Waals surface area contributed by atoms with Crippen LogP contribution < -0.4 is 11.1 Å². The van der Waals surface area contributed by atoms with Crippen LogP contribution >= 0.6 is 23.1 Å². The number of ether oxygens (including phenoxy) is 1. The molecule has 0 aromatic carbocycles. The molecule has 202 valence electrons. The largest absolute Gasteiger partial charge is 0.479 e. The van der Waals surface area contributed by atoms with Crippen molar-refractivity contribution in [2.75, 3.05) is 52.3 Å². The molecule has 4 rings (SSSR count). The summed E-state index contributed by atoms with van der Waals surface area (Å²) < 4.78 is 5.96. The number of carboxylic acids is 1. The fourth-order valence-corrected chi connectivity index (χ4v) is 6.04. The summed E-state index contributed by atoms with van der Waals surface area (Å²) >= 11 is 2.50. The maximum Gasteiger partial charge on any atom is 0.356 e. The van der Waals surface area contributed by atoms with Crippen LogP contribution in [-0.4, -0.2) is 112 Å². The Bertz CT molecular complexity index is 1100. The first-order valence-electron chi connectivity index (χ1n) is 11.9. The summed E-state index contributed by atoms with van der Waals surface area (Å²) in [6, 6.07) is -0.944. The predicted octanol–water partition coefficient (Wildman–Crippen LogP) is 0.162. The second-order valence-corrected chi connectivity index (χ2v) is 11.2. The van der Waals surface area contributed by atoms with Gasteiger partial charge in [0.25, 0.3) is 11.8 Å². The monoisotopic (exact) mass is 553 g/mol. The van der Waals surface area contributed by atoms with Gasteiger partial charge in [-0.05, 0) is 20.4 Å². The maximum absolute atomic E-state index is 13.1. The highest BCUT2D eigenvalue weighted by atomic mass is 32.2. The molecule has 2 saturated heterocycles. The molecule has 0 aliphatic carbocycles. The van der Waals surface area contributed by atoms with Crippen LogP contribution in [0.25, 0.3) is 0 Å². The highest BCUT2D eigenvalue weighted by molar-refractivity contribution is 8.00. The van der Waals surface area contributed by atoms with E-state index in [1.54, 1.807) is 5.38 Å². The fraction of sp³-hybridized carbons (Fsp3) is 0.591. The second kappa shape index (κ2) is 11.7. The first-order valence-corrected chi connectivity index (χ1v) is 13.7. The average Bonchev–Trinajstić information content (AvgIpc) is 3.30. The van der Waals surface area contributed by atoms with Crippen molar-refractivity contribution in [1.82, 2.24) is 25.0 Å². The number of carbonyl (C=O) groups is 3. The van der Waals surface area contributed by atoms with Gasteiger partial charge in [-0.1, -0.05) is 12.1 Å². The van der Waals surface area contributed by atoms with Crippen molar-refractivity contribution in [3.05, 3.63) is 22.5 Å². The number of piperazine rings is 1. The lowest BCUT2D eigenvalue weighted by Crippen LogP contribution is -2.71. The Morgan fingerprint density at radius 3 is 2.68 bits per heavy atom. The number of aliphatic carboxylic acids is 1. The highest BCUT2D eigenvalue weighted by Gasteiger charge is 2.56. The fourth-order valence-electron chi connectivity index (χ4n) is 4.10. The molecule has 2 unspecified atom stereocenters. The molecule has 3 aliphatic rings. The standard InChI is InChI=1S/C22H31N7O6S2/c1-4-9-35-26-14(13-10-36-22(23)24-13)18(30)25-15-19(31)29-16(21(32)33)17(12(2)37-20(15)29)34-11-28-7-5-27(3)6-8-28/h10,12,15,20H,4-9,11H2,1-3H3,(H2,23,24)(H,25,30)(H,32,33)/t12?,15?,20-/m1/s1. The van der Waals surface area contributed by atoms with E-state index in [4.69, 9.17) is 15.3 Å². The van der Waals surface area contributed by atoms with Gasteiger partial charge in [0.15, 0.2) is 16.5 Å². The van der Waals surface area contributed by atoms with E-state index in [1.165, 1.54) is 16.7 Å². The van der Waals surface area contributed by atoms with Crippen molar-refractivity contribution >= 4 is 51.7 Å². The SMILES string of the molecule is CCCON=C(C(=O)NC1C(=O)N2C(C(=O)O)=C(OCN3CCN(C)CC3)C(C)S[C@H]12)c1csc(N)n1.